The van der Waals surface area contributed by atoms with Crippen molar-refractivity contribution in [2.45, 2.75) is 31.5 Å². The number of amides is 1. The first-order valence-electron chi connectivity index (χ1n) is 9.67. The van der Waals surface area contributed by atoms with Crippen molar-refractivity contribution < 1.29 is 9.18 Å². The number of hydrogen-bond acceptors (Lipinski definition) is 4. The molecule has 0 radical (unpaired) electrons. The number of rotatable bonds is 4. The van der Waals surface area contributed by atoms with Crippen LogP contribution in [0.5, 0.6) is 0 Å². The summed E-state index contributed by atoms with van der Waals surface area (Å²) in [6.45, 7) is 0. The van der Waals surface area contributed by atoms with E-state index >= 15 is 0 Å². The van der Waals surface area contributed by atoms with Gasteiger partial charge in [-0.2, -0.15) is 5.10 Å². The van der Waals surface area contributed by atoms with Crippen molar-refractivity contribution in [1.82, 2.24) is 14.6 Å². The van der Waals surface area contributed by atoms with E-state index in [4.69, 9.17) is 5.73 Å². The van der Waals surface area contributed by atoms with E-state index in [0.29, 0.717) is 17.6 Å². The lowest BCUT2D eigenvalue weighted by Crippen LogP contribution is -2.27. The van der Waals surface area contributed by atoms with Gasteiger partial charge in [-0.15, -0.1) is 0 Å². The predicted octanol–water partition coefficient (Wildman–Crippen LogP) is 3.95. The van der Waals surface area contributed by atoms with Crippen molar-refractivity contribution in [3.05, 3.63) is 60.7 Å². The number of anilines is 1. The third kappa shape index (κ3) is 2.99. The number of hydrogen-bond donors (Lipinski definition) is 2. The van der Waals surface area contributed by atoms with Crippen LogP contribution in [-0.4, -0.2) is 32.7 Å². The van der Waals surface area contributed by atoms with Gasteiger partial charge in [-0.3, -0.25) is 9.78 Å². The van der Waals surface area contributed by atoms with Crippen molar-refractivity contribution >= 4 is 27.9 Å². The molecule has 1 aliphatic rings. The van der Waals surface area contributed by atoms with E-state index in [9.17, 15) is 9.18 Å². The Kier molecular flexibility index (Phi) is 4.16. The molecule has 3 aromatic heterocycles. The minimum atomic E-state index is -0.941. The second-order valence-electron chi connectivity index (χ2n) is 7.46. The van der Waals surface area contributed by atoms with Crippen molar-refractivity contribution in [1.29, 1.82) is 0 Å². The van der Waals surface area contributed by atoms with Gasteiger partial charge in [0, 0.05) is 29.5 Å². The molecule has 1 amide bonds. The molecule has 4 aromatic rings. The van der Waals surface area contributed by atoms with Crippen LogP contribution in [0.4, 0.5) is 10.1 Å². The number of carbonyl (C=O) groups excluding carboxylic acids is 1. The number of alkyl halides is 1. The number of pyridine rings is 1. The highest BCUT2D eigenvalue weighted by Crippen LogP contribution is 2.34. The topological polar surface area (TPSA) is 85.3 Å². The van der Waals surface area contributed by atoms with E-state index in [2.05, 4.69) is 15.4 Å². The normalized spacial score (nSPS) is 19.1. The first kappa shape index (κ1) is 17.6. The highest BCUT2D eigenvalue weighted by Gasteiger charge is 2.29. The van der Waals surface area contributed by atoms with Crippen molar-refractivity contribution in [2.75, 3.05) is 5.32 Å². The number of aromatic nitrogens is 3. The molecule has 1 fully saturated rings. The maximum absolute atomic E-state index is 14.2. The summed E-state index contributed by atoms with van der Waals surface area (Å²) < 4.78 is 15.9. The van der Waals surface area contributed by atoms with E-state index in [0.717, 1.165) is 34.7 Å². The Hall–Kier alpha value is -3.48. The Morgan fingerprint density at radius 2 is 2.14 bits per heavy atom. The number of halogens is 1. The Morgan fingerprint density at radius 3 is 2.93 bits per heavy atom. The highest BCUT2D eigenvalue weighted by molar-refractivity contribution is 6.03. The van der Waals surface area contributed by atoms with Gasteiger partial charge in [0.25, 0.3) is 5.91 Å². The average Bonchev–Trinajstić information content (AvgIpc) is 3.34. The first-order valence-corrected chi connectivity index (χ1v) is 9.67. The molecule has 146 valence electrons. The molecule has 0 bridgehead atoms. The highest BCUT2D eigenvalue weighted by atomic mass is 19.1. The van der Waals surface area contributed by atoms with Gasteiger partial charge in [-0.05, 0) is 42.3 Å². The van der Waals surface area contributed by atoms with Gasteiger partial charge in [-0.25, -0.2) is 8.91 Å². The SMILES string of the molecule is NC(=O)c1cnn2cc(-c3cccc4cnccc34)cc2c1N[C@@H]1CCC[C@@H]1F. The molecule has 0 spiro atoms. The van der Waals surface area contributed by atoms with Gasteiger partial charge in [0.05, 0.1) is 29.0 Å². The molecule has 6 nitrogen and oxygen atoms in total. The summed E-state index contributed by atoms with van der Waals surface area (Å²) in [6, 6.07) is 9.63. The van der Waals surface area contributed by atoms with Gasteiger partial charge in [0.1, 0.15) is 6.17 Å². The quantitative estimate of drug-likeness (QED) is 0.553. The number of nitrogens with zero attached hydrogens (tertiary/aromatic N) is 3. The van der Waals surface area contributed by atoms with Crippen LogP contribution in [0.2, 0.25) is 0 Å². The number of benzene rings is 1. The summed E-state index contributed by atoms with van der Waals surface area (Å²) in [5.74, 6) is -0.588. The second-order valence-corrected chi connectivity index (χ2v) is 7.46. The van der Waals surface area contributed by atoms with Crippen LogP contribution in [-0.2, 0) is 0 Å². The maximum atomic E-state index is 14.2. The van der Waals surface area contributed by atoms with Gasteiger partial charge >= 0.3 is 0 Å². The van der Waals surface area contributed by atoms with Gasteiger partial charge in [0.15, 0.2) is 0 Å². The van der Waals surface area contributed by atoms with Crippen LogP contribution in [0.15, 0.2) is 55.1 Å². The van der Waals surface area contributed by atoms with E-state index in [-0.39, 0.29) is 11.6 Å². The molecule has 7 heteroatoms. The number of primary amides is 1. The zero-order valence-corrected chi connectivity index (χ0v) is 15.7. The van der Waals surface area contributed by atoms with Crippen LogP contribution in [0.3, 0.4) is 0 Å². The fraction of sp³-hybridized carbons (Fsp3) is 0.227. The van der Waals surface area contributed by atoms with Gasteiger partial charge < -0.3 is 11.1 Å². The lowest BCUT2D eigenvalue weighted by Gasteiger charge is -2.19. The molecule has 0 saturated heterocycles. The number of nitrogens with two attached hydrogens (primary N) is 1. The monoisotopic (exact) mass is 389 g/mol. The van der Waals surface area contributed by atoms with Crippen molar-refractivity contribution in [2.24, 2.45) is 5.73 Å². The zero-order valence-electron chi connectivity index (χ0n) is 15.7. The molecule has 3 heterocycles. The van der Waals surface area contributed by atoms with Crippen LogP contribution >= 0.6 is 0 Å². The minimum Gasteiger partial charge on any atom is -0.377 e. The summed E-state index contributed by atoms with van der Waals surface area (Å²) >= 11 is 0. The molecular weight excluding hydrogens is 369 g/mol. The fourth-order valence-electron chi connectivity index (χ4n) is 4.18. The van der Waals surface area contributed by atoms with Crippen LogP contribution in [0.25, 0.3) is 27.4 Å². The summed E-state index contributed by atoms with van der Waals surface area (Å²) in [5.41, 5.74) is 9.06. The molecule has 1 saturated carbocycles. The van der Waals surface area contributed by atoms with E-state index in [1.165, 1.54) is 6.20 Å². The lowest BCUT2D eigenvalue weighted by molar-refractivity contribution is 0.100. The fourth-order valence-corrected chi connectivity index (χ4v) is 4.18. The molecule has 3 N–H and O–H groups in total. The summed E-state index contributed by atoms with van der Waals surface area (Å²) in [6.07, 6.45) is 8.07. The third-order valence-electron chi connectivity index (χ3n) is 5.66. The van der Waals surface area contributed by atoms with Crippen molar-refractivity contribution in [3.63, 3.8) is 0 Å². The molecule has 1 aromatic carbocycles. The molecule has 29 heavy (non-hydrogen) atoms. The Balaban J connectivity index is 1.68. The van der Waals surface area contributed by atoms with E-state index in [1.807, 2.05) is 42.7 Å². The zero-order chi connectivity index (χ0) is 20.0. The van der Waals surface area contributed by atoms with Crippen LogP contribution in [0, 0.1) is 0 Å². The average molecular weight is 389 g/mol. The van der Waals surface area contributed by atoms with Crippen LogP contribution in [0.1, 0.15) is 29.6 Å². The van der Waals surface area contributed by atoms with E-state index in [1.54, 1.807) is 10.7 Å². The summed E-state index contributed by atoms with van der Waals surface area (Å²) in [7, 11) is 0. The van der Waals surface area contributed by atoms with Gasteiger partial charge in [0.2, 0.25) is 0 Å². The third-order valence-corrected chi connectivity index (χ3v) is 5.66. The summed E-state index contributed by atoms with van der Waals surface area (Å²) in [5, 5.41) is 9.70. The summed E-state index contributed by atoms with van der Waals surface area (Å²) in [4.78, 5) is 16.2. The number of fused-ring (bicyclic) bond motifs is 2. The second kappa shape index (κ2) is 6.84. The Labute approximate surface area is 166 Å². The molecular formula is C22H20FN5O. The number of nitrogens with one attached hydrogen (secondary N) is 1. The van der Waals surface area contributed by atoms with Gasteiger partial charge in [-0.1, -0.05) is 18.2 Å². The molecule has 5 rings (SSSR count). The standard InChI is InChI=1S/C22H20FN5O/c23-18-5-2-6-19(18)27-21-17(22(24)29)11-26-28-12-14(9-20(21)28)15-4-1-3-13-10-25-8-7-16(13)15/h1,3-4,7-12,18-19,27H,2,5-6H2,(H2,24,29)/t18-,19+/m0/s1. The Bertz CT molecular complexity index is 1230. The smallest absolute Gasteiger partial charge is 0.252 e. The van der Waals surface area contributed by atoms with Crippen molar-refractivity contribution in [3.8, 4) is 11.1 Å². The predicted molar refractivity (Wildman–Crippen MR) is 111 cm³/mol. The Morgan fingerprint density at radius 1 is 1.24 bits per heavy atom. The van der Waals surface area contributed by atoms with E-state index < -0.39 is 12.1 Å². The first-order chi connectivity index (χ1) is 14.1. The largest absolute Gasteiger partial charge is 0.377 e. The maximum Gasteiger partial charge on any atom is 0.252 e. The number of carbonyl (C=O) groups is 1. The molecule has 1 aliphatic carbocycles. The molecule has 2 atom stereocenters. The molecule has 0 unspecified atom stereocenters. The lowest BCUT2D eigenvalue weighted by atomic mass is 10.0. The minimum absolute atomic E-state index is 0.267. The van der Waals surface area contributed by atoms with Crippen LogP contribution < -0.4 is 11.1 Å². The molecule has 0 aliphatic heterocycles.